The van der Waals surface area contributed by atoms with Gasteiger partial charge in [-0.3, -0.25) is 9.69 Å². The summed E-state index contributed by atoms with van der Waals surface area (Å²) in [7, 11) is 0. The zero-order valence-electron chi connectivity index (χ0n) is 13.1. The molecule has 0 amide bonds. The van der Waals surface area contributed by atoms with Gasteiger partial charge in [-0.1, -0.05) is 0 Å². The smallest absolute Gasteiger partial charge is 0.259 e. The molecule has 2 aliphatic heterocycles. The number of aromatic amines is 1. The van der Waals surface area contributed by atoms with Gasteiger partial charge in [0.2, 0.25) is 0 Å². The lowest BCUT2D eigenvalue weighted by molar-refractivity contribution is 0.153. The molecule has 2 aliphatic rings. The summed E-state index contributed by atoms with van der Waals surface area (Å²) in [4.78, 5) is 24.5. The van der Waals surface area contributed by atoms with Gasteiger partial charge in [0.05, 0.1) is 11.9 Å². The minimum atomic E-state index is 0.0132. The molecule has 0 aliphatic carbocycles. The molecule has 5 nitrogen and oxygen atoms in total. The average Bonchev–Trinajstić information content (AvgIpc) is 3.04. The summed E-state index contributed by atoms with van der Waals surface area (Å²) in [5.74, 6) is 1.57. The van der Waals surface area contributed by atoms with Crippen LogP contribution in [0.3, 0.4) is 0 Å². The highest BCUT2D eigenvalue weighted by molar-refractivity contribution is 7.18. The molecule has 2 aromatic heterocycles. The predicted octanol–water partition coefficient (Wildman–Crippen LogP) is 1.79. The highest BCUT2D eigenvalue weighted by atomic mass is 32.1. The summed E-state index contributed by atoms with van der Waals surface area (Å²) in [6.45, 7) is 8.16. The number of nitrogens with zero attached hydrogens (tertiary/aromatic N) is 2. The van der Waals surface area contributed by atoms with Crippen LogP contribution in [0.5, 0.6) is 0 Å². The van der Waals surface area contributed by atoms with E-state index >= 15 is 0 Å². The third-order valence-corrected chi connectivity index (χ3v) is 6.30. The Kier molecular flexibility index (Phi) is 3.55. The summed E-state index contributed by atoms with van der Waals surface area (Å²) < 4.78 is 0. The first-order chi connectivity index (χ1) is 10.6. The number of hydrogen-bond donors (Lipinski definition) is 2. The van der Waals surface area contributed by atoms with Gasteiger partial charge >= 0.3 is 0 Å². The van der Waals surface area contributed by atoms with Crippen molar-refractivity contribution in [2.24, 2.45) is 5.92 Å². The van der Waals surface area contributed by atoms with Crippen molar-refractivity contribution < 1.29 is 0 Å². The van der Waals surface area contributed by atoms with Crippen molar-refractivity contribution in [3.8, 4) is 0 Å². The summed E-state index contributed by atoms with van der Waals surface area (Å²) in [5, 5.41) is 4.36. The van der Waals surface area contributed by atoms with E-state index in [0.717, 1.165) is 53.7 Å². The molecule has 0 aromatic carbocycles. The van der Waals surface area contributed by atoms with E-state index in [1.807, 2.05) is 6.92 Å². The summed E-state index contributed by atoms with van der Waals surface area (Å²) >= 11 is 1.62. The standard InChI is InChI=1S/C16H22N4OS/c1-9-10(2)22-16-14(9)15(21)18-13(19-16)8-20-6-4-12-11(7-20)3-5-17-12/h11-12,17H,3-8H2,1-2H3,(H,18,19,21). The molecule has 0 spiro atoms. The van der Waals surface area contributed by atoms with Crippen LogP contribution >= 0.6 is 11.3 Å². The second-order valence-electron chi connectivity index (χ2n) is 6.61. The third-order valence-electron chi connectivity index (χ3n) is 5.20. The number of piperidine rings is 1. The summed E-state index contributed by atoms with van der Waals surface area (Å²) in [6, 6.07) is 0.702. The second kappa shape index (κ2) is 5.44. The molecular weight excluding hydrogens is 296 g/mol. The van der Waals surface area contributed by atoms with Crippen LogP contribution in [0.15, 0.2) is 4.79 Å². The maximum atomic E-state index is 12.3. The maximum Gasteiger partial charge on any atom is 0.259 e. The van der Waals surface area contributed by atoms with Crippen molar-refractivity contribution in [2.45, 2.75) is 39.3 Å². The number of H-pyrrole nitrogens is 1. The van der Waals surface area contributed by atoms with Crippen molar-refractivity contribution in [3.05, 3.63) is 26.6 Å². The number of likely N-dealkylation sites (tertiary alicyclic amines) is 1. The third kappa shape index (κ3) is 2.39. The highest BCUT2D eigenvalue weighted by Crippen LogP contribution is 2.27. The van der Waals surface area contributed by atoms with Gasteiger partial charge in [0.15, 0.2) is 0 Å². The van der Waals surface area contributed by atoms with Crippen LogP contribution in [0.25, 0.3) is 10.2 Å². The fourth-order valence-electron chi connectivity index (χ4n) is 3.85. The number of hydrogen-bond acceptors (Lipinski definition) is 5. The Balaban J connectivity index is 1.58. The van der Waals surface area contributed by atoms with Crippen molar-refractivity contribution in [1.82, 2.24) is 20.2 Å². The van der Waals surface area contributed by atoms with Crippen LogP contribution in [0.1, 0.15) is 29.1 Å². The summed E-state index contributed by atoms with van der Waals surface area (Å²) in [6.07, 6.45) is 2.47. The topological polar surface area (TPSA) is 61.0 Å². The van der Waals surface area contributed by atoms with Crippen LogP contribution < -0.4 is 10.9 Å². The Bertz CT molecular complexity index is 765. The number of aromatic nitrogens is 2. The first kappa shape index (κ1) is 14.4. The number of rotatable bonds is 2. The molecule has 118 valence electrons. The lowest BCUT2D eigenvalue weighted by Gasteiger charge is -2.34. The Labute approximate surface area is 133 Å². The molecule has 2 atom stereocenters. The van der Waals surface area contributed by atoms with Crippen LogP contribution in [-0.4, -0.2) is 40.5 Å². The van der Waals surface area contributed by atoms with E-state index < -0.39 is 0 Å². The van der Waals surface area contributed by atoms with Gasteiger partial charge in [-0.15, -0.1) is 11.3 Å². The molecule has 2 aromatic rings. The van der Waals surface area contributed by atoms with Crippen LogP contribution in [0.2, 0.25) is 0 Å². The van der Waals surface area contributed by atoms with Crippen molar-refractivity contribution in [1.29, 1.82) is 0 Å². The molecular formula is C16H22N4OS. The SMILES string of the molecule is Cc1sc2nc(CN3CCC4NCCC4C3)[nH]c(=O)c2c1C. The quantitative estimate of drug-likeness (QED) is 0.886. The number of thiophene rings is 1. The molecule has 0 radical (unpaired) electrons. The van der Waals surface area contributed by atoms with Crippen LogP contribution in [0.4, 0.5) is 0 Å². The first-order valence-electron chi connectivity index (χ1n) is 8.06. The largest absolute Gasteiger partial charge is 0.314 e. The molecule has 0 bridgehead atoms. The fourth-order valence-corrected chi connectivity index (χ4v) is 4.90. The van der Waals surface area contributed by atoms with Gasteiger partial charge in [-0.25, -0.2) is 4.98 Å². The minimum absolute atomic E-state index is 0.0132. The van der Waals surface area contributed by atoms with E-state index in [1.165, 1.54) is 17.7 Å². The lowest BCUT2D eigenvalue weighted by atomic mass is 9.93. The summed E-state index contributed by atoms with van der Waals surface area (Å²) in [5.41, 5.74) is 1.08. The highest BCUT2D eigenvalue weighted by Gasteiger charge is 2.32. The van der Waals surface area contributed by atoms with Crippen LogP contribution in [-0.2, 0) is 6.54 Å². The van der Waals surface area contributed by atoms with Gasteiger partial charge in [-0.05, 0) is 44.7 Å². The number of fused-ring (bicyclic) bond motifs is 2. The Morgan fingerprint density at radius 3 is 3.09 bits per heavy atom. The molecule has 2 N–H and O–H groups in total. The van der Waals surface area contributed by atoms with Gasteiger partial charge in [0.25, 0.3) is 5.56 Å². The van der Waals surface area contributed by atoms with E-state index in [0.29, 0.717) is 6.04 Å². The van der Waals surface area contributed by atoms with E-state index in [9.17, 15) is 4.79 Å². The van der Waals surface area contributed by atoms with Crippen molar-refractivity contribution in [3.63, 3.8) is 0 Å². The lowest BCUT2D eigenvalue weighted by Crippen LogP contribution is -2.44. The molecule has 2 fully saturated rings. The van der Waals surface area contributed by atoms with Gasteiger partial charge in [0.1, 0.15) is 10.7 Å². The van der Waals surface area contributed by atoms with Gasteiger partial charge in [-0.2, -0.15) is 0 Å². The van der Waals surface area contributed by atoms with Gasteiger partial charge < -0.3 is 10.3 Å². The predicted molar refractivity (Wildman–Crippen MR) is 89.5 cm³/mol. The van der Waals surface area contributed by atoms with Crippen LogP contribution in [0, 0.1) is 19.8 Å². The zero-order valence-corrected chi connectivity index (χ0v) is 13.9. The minimum Gasteiger partial charge on any atom is -0.314 e. The number of nitrogens with one attached hydrogen (secondary N) is 2. The van der Waals surface area contributed by atoms with E-state index in [1.54, 1.807) is 11.3 Å². The fraction of sp³-hybridized carbons (Fsp3) is 0.625. The zero-order chi connectivity index (χ0) is 15.3. The van der Waals surface area contributed by atoms with Crippen molar-refractivity contribution in [2.75, 3.05) is 19.6 Å². The molecule has 22 heavy (non-hydrogen) atoms. The maximum absolute atomic E-state index is 12.3. The van der Waals surface area contributed by atoms with E-state index in [2.05, 4.69) is 22.1 Å². The second-order valence-corrected chi connectivity index (χ2v) is 7.81. The Hall–Kier alpha value is -1.24. The molecule has 0 saturated carbocycles. The molecule has 6 heteroatoms. The van der Waals surface area contributed by atoms with Crippen molar-refractivity contribution >= 4 is 21.6 Å². The Morgan fingerprint density at radius 1 is 1.36 bits per heavy atom. The van der Waals surface area contributed by atoms with E-state index in [-0.39, 0.29) is 5.56 Å². The normalized spacial score (nSPS) is 25.7. The Morgan fingerprint density at radius 2 is 2.23 bits per heavy atom. The number of aryl methyl sites for hydroxylation is 2. The molecule has 2 unspecified atom stereocenters. The molecule has 4 rings (SSSR count). The first-order valence-corrected chi connectivity index (χ1v) is 8.88. The van der Waals surface area contributed by atoms with Gasteiger partial charge in [0, 0.05) is 24.0 Å². The molecule has 4 heterocycles. The van der Waals surface area contributed by atoms with E-state index in [4.69, 9.17) is 4.98 Å². The monoisotopic (exact) mass is 318 g/mol. The molecule has 2 saturated heterocycles. The average molecular weight is 318 g/mol.